The fraction of sp³-hybridized carbons (Fsp3) is 0.415. The Balaban J connectivity index is 1.28. The zero-order valence-corrected chi connectivity index (χ0v) is 31.7. The first-order chi connectivity index (χ1) is 26.6. The highest BCUT2D eigenvalue weighted by atomic mass is 35.5. The summed E-state index contributed by atoms with van der Waals surface area (Å²) in [6, 6.07) is 12.2. The van der Waals surface area contributed by atoms with Crippen LogP contribution in [0.4, 0.5) is 8.78 Å². The van der Waals surface area contributed by atoms with Gasteiger partial charge in [0.25, 0.3) is 5.88 Å². The fourth-order valence-corrected chi connectivity index (χ4v) is 9.48. The van der Waals surface area contributed by atoms with Gasteiger partial charge in [-0.15, -0.1) is 0 Å². The number of aryl methyl sites for hydroxylation is 1. The van der Waals surface area contributed by atoms with Crippen LogP contribution >= 0.6 is 23.2 Å². The third kappa shape index (κ3) is 5.90. The molecule has 0 spiro atoms. The van der Waals surface area contributed by atoms with Crippen molar-refractivity contribution in [3.05, 3.63) is 81.2 Å². The second-order valence-corrected chi connectivity index (χ2v) is 15.9. The number of aliphatic hydroxyl groups is 1. The van der Waals surface area contributed by atoms with E-state index >= 15 is 8.78 Å². The molecule has 6 heterocycles. The van der Waals surface area contributed by atoms with Gasteiger partial charge >= 0.3 is 0 Å². The molecule has 55 heavy (non-hydrogen) atoms. The average Bonchev–Trinajstić information content (AvgIpc) is 3.45. The number of benzene rings is 2. The summed E-state index contributed by atoms with van der Waals surface area (Å²) in [5, 5.41) is 26.2. The third-order valence-corrected chi connectivity index (χ3v) is 12.6. The summed E-state index contributed by atoms with van der Waals surface area (Å²) in [5.41, 5.74) is 3.04. The zero-order chi connectivity index (χ0) is 38.3. The van der Waals surface area contributed by atoms with Gasteiger partial charge < -0.3 is 29.4 Å². The number of aliphatic hydroxyl groups excluding tert-OH is 1. The predicted octanol–water partition coefficient (Wildman–Crippen LogP) is 8.02. The highest BCUT2D eigenvalue weighted by Gasteiger charge is 2.51. The van der Waals surface area contributed by atoms with E-state index < -0.39 is 29.9 Å². The number of pyridine rings is 2. The van der Waals surface area contributed by atoms with Crippen LogP contribution in [0.5, 0.6) is 11.6 Å². The zero-order valence-electron chi connectivity index (χ0n) is 30.2. The van der Waals surface area contributed by atoms with Crippen molar-refractivity contribution in [2.45, 2.75) is 75.8 Å². The number of aromatic nitrogens is 3. The molecule has 14 heteroatoms. The number of carbonyl (C=O) groups excluding carboxylic acids is 1. The summed E-state index contributed by atoms with van der Waals surface area (Å²) >= 11 is 13.1. The van der Waals surface area contributed by atoms with Gasteiger partial charge in [-0.1, -0.05) is 35.3 Å². The summed E-state index contributed by atoms with van der Waals surface area (Å²) in [6.45, 7) is 2.65. The molecule has 10 nitrogen and oxygen atoms in total. The Kier molecular flexibility index (Phi) is 9.12. The van der Waals surface area contributed by atoms with Crippen LogP contribution in [0.25, 0.3) is 32.9 Å². The Bertz CT molecular complexity index is 2420. The van der Waals surface area contributed by atoms with Crippen LogP contribution in [0.15, 0.2) is 42.6 Å². The summed E-state index contributed by atoms with van der Waals surface area (Å²) in [6.07, 6.45) is 3.10. The molecule has 2 saturated carbocycles. The van der Waals surface area contributed by atoms with Crippen molar-refractivity contribution in [2.75, 3.05) is 20.2 Å². The first kappa shape index (κ1) is 36.1. The number of fused-ring (bicyclic) bond motifs is 4. The lowest BCUT2D eigenvalue weighted by atomic mass is 9.79. The molecule has 0 radical (unpaired) electrons. The van der Waals surface area contributed by atoms with E-state index in [1.807, 2.05) is 17.0 Å². The highest BCUT2D eigenvalue weighted by Crippen LogP contribution is 2.52. The van der Waals surface area contributed by atoms with Gasteiger partial charge in [0.1, 0.15) is 11.6 Å². The number of methoxy groups -OCH3 is 1. The Morgan fingerprint density at radius 3 is 2.67 bits per heavy atom. The normalized spacial score (nSPS) is 23.6. The van der Waals surface area contributed by atoms with Crippen LogP contribution in [0.1, 0.15) is 74.2 Å². The maximum Gasteiger partial charge on any atom is 0.254 e. The van der Waals surface area contributed by atoms with E-state index in [0.29, 0.717) is 39.5 Å². The Morgan fingerprint density at radius 2 is 1.98 bits per heavy atom. The van der Waals surface area contributed by atoms with E-state index in [2.05, 4.69) is 20.9 Å². The van der Waals surface area contributed by atoms with Crippen LogP contribution in [0.2, 0.25) is 10.0 Å². The van der Waals surface area contributed by atoms with Crippen LogP contribution < -0.4 is 14.8 Å². The molecule has 1 amide bonds. The Hall–Kier alpha value is -4.54. The van der Waals surface area contributed by atoms with Crippen molar-refractivity contribution in [2.24, 2.45) is 11.8 Å². The van der Waals surface area contributed by atoms with Crippen molar-refractivity contribution in [3.8, 4) is 28.8 Å². The van der Waals surface area contributed by atoms with Crippen LogP contribution in [0, 0.1) is 34.8 Å². The van der Waals surface area contributed by atoms with E-state index in [0.717, 1.165) is 31.5 Å². The third-order valence-electron chi connectivity index (χ3n) is 11.8. The second-order valence-electron chi connectivity index (χ2n) is 15.1. The number of rotatable bonds is 10. The number of nitriles is 1. The Morgan fingerprint density at radius 1 is 1.16 bits per heavy atom. The van der Waals surface area contributed by atoms with Gasteiger partial charge in [-0.05, 0) is 62.3 Å². The number of halogens is 4. The van der Waals surface area contributed by atoms with Crippen LogP contribution in [0.3, 0.4) is 0 Å². The lowest BCUT2D eigenvalue weighted by Crippen LogP contribution is -2.41. The van der Waals surface area contributed by atoms with Crippen molar-refractivity contribution in [3.63, 3.8) is 0 Å². The number of hydrogen-bond donors (Lipinski definition) is 2. The number of nitrogens with one attached hydrogen (secondary N) is 1. The summed E-state index contributed by atoms with van der Waals surface area (Å²) in [7, 11) is 1.34. The summed E-state index contributed by atoms with van der Waals surface area (Å²) in [5.74, 6) is -1.34. The quantitative estimate of drug-likeness (QED) is 0.146. The summed E-state index contributed by atoms with van der Waals surface area (Å²) < 4.78 is 46.3. The molecule has 0 unspecified atom stereocenters. The maximum absolute atomic E-state index is 17.4. The highest BCUT2D eigenvalue weighted by molar-refractivity contribution is 6.43. The molecule has 2 aromatic carbocycles. The molecule has 3 aliphatic heterocycles. The fourth-order valence-electron chi connectivity index (χ4n) is 9.08. The van der Waals surface area contributed by atoms with E-state index in [1.54, 1.807) is 25.1 Å². The number of carbonyl (C=O) groups is 1. The SMILES string of the molecule is COc1nccc(O[C@H]2C[C@H](c3cc4c([C@@H](C)O)nc5c(F)c(-c6cccc(Cl)c6Cl)c(CCC#N)cc5c4n3[C@H]3[C@H]4CN[C@@H]3C4)N(C(=O)C3CC3)C2)c1F. The molecule has 2 bridgehead atoms. The number of amides is 1. The number of hydrogen-bond acceptors (Lipinski definition) is 8. The molecule has 2 N–H and O–H groups in total. The van der Waals surface area contributed by atoms with Crippen LogP contribution in [-0.4, -0.2) is 62.8 Å². The molecular weight excluding hydrogens is 749 g/mol. The van der Waals surface area contributed by atoms with Crippen molar-refractivity contribution >= 4 is 50.9 Å². The van der Waals surface area contributed by atoms with Gasteiger partial charge in [-0.2, -0.15) is 9.65 Å². The second kappa shape index (κ2) is 13.9. The van der Waals surface area contributed by atoms with Gasteiger partial charge in [0.05, 0.1) is 59.2 Å². The molecule has 3 saturated heterocycles. The number of ether oxygens (including phenoxy) is 2. The van der Waals surface area contributed by atoms with Crippen molar-refractivity contribution in [1.29, 1.82) is 5.26 Å². The monoisotopic (exact) mass is 786 g/mol. The van der Waals surface area contributed by atoms with Gasteiger partial charge in [-0.3, -0.25) is 4.79 Å². The maximum atomic E-state index is 17.4. The average molecular weight is 788 g/mol. The first-order valence-corrected chi connectivity index (χ1v) is 19.4. The van der Waals surface area contributed by atoms with Gasteiger partial charge in [0.15, 0.2) is 11.6 Å². The topological polar surface area (TPSA) is 126 Å². The van der Waals surface area contributed by atoms with Crippen LogP contribution in [-0.2, 0) is 11.2 Å². The minimum absolute atomic E-state index is 0.0133. The molecule has 5 aliphatic rings. The van der Waals surface area contributed by atoms with Crippen molar-refractivity contribution < 1.29 is 28.2 Å². The molecular formula is C41H38Cl2F2N6O4. The largest absolute Gasteiger partial charge is 0.485 e. The predicted molar refractivity (Wildman–Crippen MR) is 203 cm³/mol. The number of nitrogens with zero attached hydrogens (tertiary/aromatic N) is 5. The van der Waals surface area contributed by atoms with E-state index in [9.17, 15) is 15.2 Å². The van der Waals surface area contributed by atoms with E-state index in [1.165, 1.54) is 19.4 Å². The minimum Gasteiger partial charge on any atom is -0.485 e. The standard InChI is InChI=1S/C41H38Cl2F2N6O4/c1-19(52)36-26-16-30(29-15-23(18-50(29)41(53)20-8-9-20)55-31-10-12-47-40(54-2)34(31)44)51(38-22-14-28(38)48-17-22)39(26)25-13-21(5-4-11-46)32(35(45)37(25)49-36)24-6-3-7-27(42)33(24)43/h3,6-7,10,12-13,16,19-20,22-23,28-29,38,48,52H,4-5,8-9,14-15,17-18H2,1-2H3/t19-,22-,23+,28-,29-,38+/m1/s1. The van der Waals surface area contributed by atoms with Gasteiger partial charge in [0, 0.05) is 71.2 Å². The lowest BCUT2D eigenvalue weighted by molar-refractivity contribution is -0.133. The van der Waals surface area contributed by atoms with Gasteiger partial charge in [0.2, 0.25) is 11.7 Å². The smallest absolute Gasteiger partial charge is 0.254 e. The van der Waals surface area contributed by atoms with Gasteiger partial charge in [-0.25, -0.2) is 14.4 Å². The first-order valence-electron chi connectivity index (χ1n) is 18.7. The molecule has 10 rings (SSSR count). The molecule has 5 aromatic rings. The Labute approximate surface area is 326 Å². The lowest BCUT2D eigenvalue weighted by Gasteiger charge is -2.39. The van der Waals surface area contributed by atoms with E-state index in [-0.39, 0.29) is 82.0 Å². The molecule has 6 atom stereocenters. The van der Waals surface area contributed by atoms with E-state index in [4.69, 9.17) is 37.7 Å². The molecule has 5 fully saturated rings. The molecule has 284 valence electrons. The van der Waals surface area contributed by atoms with Crippen molar-refractivity contribution in [1.82, 2.24) is 24.8 Å². The summed E-state index contributed by atoms with van der Waals surface area (Å²) in [4.78, 5) is 24.7. The number of likely N-dealkylation sites (tertiary alicyclic amines) is 1. The molecule has 3 aromatic heterocycles. The minimum atomic E-state index is -1.07. The molecule has 2 aliphatic carbocycles.